The van der Waals surface area contributed by atoms with Gasteiger partial charge in [-0.2, -0.15) is 0 Å². The van der Waals surface area contributed by atoms with Crippen LogP contribution in [0.4, 0.5) is 0 Å². The molecule has 0 aromatic heterocycles. The minimum atomic E-state index is -1.79. The molecule has 37 heavy (non-hydrogen) atoms. The molecule has 3 fully saturated rings. The Morgan fingerprint density at radius 3 is 2.22 bits per heavy atom. The van der Waals surface area contributed by atoms with E-state index in [-0.39, 0.29) is 18.6 Å². The van der Waals surface area contributed by atoms with Crippen LogP contribution in [0.5, 0.6) is 0 Å². The molecule has 0 aromatic rings. The third-order valence-corrected chi connectivity index (χ3v) is 7.03. The minimum Gasteiger partial charge on any atom is -0.471 e. The monoisotopic (exact) mass is 536 g/mol. The molecule has 13 atom stereocenters. The van der Waals surface area contributed by atoms with E-state index >= 15 is 0 Å². The van der Waals surface area contributed by atoms with Gasteiger partial charge in [-0.25, -0.2) is 4.79 Å². The third kappa shape index (κ3) is 5.15. The maximum Gasteiger partial charge on any atom is 0.340 e. The van der Waals surface area contributed by atoms with Gasteiger partial charge in [-0.3, -0.25) is 0 Å². The first kappa shape index (κ1) is 28.3. The lowest BCUT2D eigenvalue weighted by Gasteiger charge is -2.47. The predicted octanol–water partition coefficient (Wildman–Crippen LogP) is -4.65. The maximum atomic E-state index is 12.1. The molecule has 0 aliphatic carbocycles. The van der Waals surface area contributed by atoms with Crippen LogP contribution in [0.15, 0.2) is 24.5 Å². The second-order valence-electron chi connectivity index (χ2n) is 9.29. The van der Waals surface area contributed by atoms with Crippen molar-refractivity contribution in [3.05, 3.63) is 24.5 Å². The van der Waals surface area contributed by atoms with Crippen LogP contribution in [0.25, 0.3) is 0 Å². The van der Waals surface area contributed by atoms with Crippen LogP contribution in [0, 0.1) is 5.92 Å². The second-order valence-corrected chi connectivity index (χ2v) is 9.29. The SMILES string of the molecule is C=C[C@H]1[C@H](O[C@@H]2O[C@H](CO[C@H]3O[C@H](CO)[C@H](O)[C@H](O)[C@H]3O)[C@@H](O)[C@H](O)[C@H]2O)OC=C2C(=O)OCC[C@]21O. The molecule has 3 saturated heterocycles. The largest absolute Gasteiger partial charge is 0.471 e. The van der Waals surface area contributed by atoms with Gasteiger partial charge in [0.15, 0.2) is 12.6 Å². The number of carbonyl (C=O) groups is 1. The summed E-state index contributed by atoms with van der Waals surface area (Å²) in [7, 11) is 0. The number of hydrogen-bond acceptors (Lipinski definition) is 15. The fourth-order valence-electron chi connectivity index (χ4n) is 4.75. The Kier molecular flexibility index (Phi) is 8.54. The summed E-state index contributed by atoms with van der Waals surface area (Å²) in [6.07, 6.45) is -15.0. The maximum absolute atomic E-state index is 12.1. The van der Waals surface area contributed by atoms with Crippen molar-refractivity contribution in [2.75, 3.05) is 19.8 Å². The molecule has 0 saturated carbocycles. The fourth-order valence-corrected chi connectivity index (χ4v) is 4.75. The van der Waals surface area contributed by atoms with Crippen molar-refractivity contribution in [3.63, 3.8) is 0 Å². The Balaban J connectivity index is 1.44. The van der Waals surface area contributed by atoms with Crippen molar-refractivity contribution in [2.45, 2.75) is 79.7 Å². The van der Waals surface area contributed by atoms with Crippen LogP contribution in [-0.2, 0) is 33.2 Å². The highest BCUT2D eigenvalue weighted by molar-refractivity contribution is 5.91. The van der Waals surface area contributed by atoms with E-state index < -0.39 is 98.4 Å². The van der Waals surface area contributed by atoms with Crippen molar-refractivity contribution in [1.82, 2.24) is 0 Å². The molecule has 4 rings (SSSR count). The highest BCUT2D eigenvalue weighted by Crippen LogP contribution is 2.42. The van der Waals surface area contributed by atoms with Crippen molar-refractivity contribution < 1.29 is 74.1 Å². The standard InChI is InChI=1S/C22H32O15/c1-2-8-19(33-6-9-18(30)32-4-3-22(8,9)31)37-21-17(29)15(27)13(25)11(36-21)7-34-20-16(28)14(26)12(24)10(5-23)35-20/h2,6,8,10-17,19-21,23-29,31H,1,3-5,7H2/t8-,10+,11+,12-,13+,14-,15-,16+,17+,19-,20-,21-,22+/m0/s1. The number of aliphatic hydroxyl groups excluding tert-OH is 7. The molecule has 0 aromatic carbocycles. The van der Waals surface area contributed by atoms with Crippen LogP contribution < -0.4 is 0 Å². The summed E-state index contributed by atoms with van der Waals surface area (Å²) in [4.78, 5) is 12.1. The van der Waals surface area contributed by atoms with E-state index in [1.54, 1.807) is 0 Å². The molecular weight excluding hydrogens is 504 g/mol. The third-order valence-electron chi connectivity index (χ3n) is 7.03. The lowest BCUT2D eigenvalue weighted by atomic mass is 9.76. The highest BCUT2D eigenvalue weighted by Gasteiger charge is 2.55. The summed E-state index contributed by atoms with van der Waals surface area (Å²) in [5.74, 6) is -1.78. The van der Waals surface area contributed by atoms with E-state index in [2.05, 4.69) is 6.58 Å². The van der Waals surface area contributed by atoms with Crippen LogP contribution in [-0.4, -0.2) is 140 Å². The van der Waals surface area contributed by atoms with Crippen molar-refractivity contribution in [2.24, 2.45) is 5.92 Å². The normalized spacial score (nSPS) is 48.3. The molecule has 4 heterocycles. The molecule has 15 heteroatoms. The zero-order chi connectivity index (χ0) is 27.1. The lowest BCUT2D eigenvalue weighted by Crippen LogP contribution is -2.62. The zero-order valence-electron chi connectivity index (χ0n) is 19.6. The average Bonchev–Trinajstić information content (AvgIpc) is 2.87. The number of rotatable bonds is 7. The van der Waals surface area contributed by atoms with E-state index in [0.29, 0.717) is 0 Å². The molecule has 4 aliphatic rings. The van der Waals surface area contributed by atoms with Gasteiger partial charge >= 0.3 is 5.97 Å². The molecule has 0 bridgehead atoms. The Labute approximate surface area is 210 Å². The summed E-state index contributed by atoms with van der Waals surface area (Å²) in [5.41, 5.74) is -1.86. The number of aliphatic hydroxyl groups is 8. The van der Waals surface area contributed by atoms with Gasteiger partial charge in [-0.15, -0.1) is 6.58 Å². The van der Waals surface area contributed by atoms with Crippen LogP contribution >= 0.6 is 0 Å². The van der Waals surface area contributed by atoms with Crippen LogP contribution in [0.2, 0.25) is 0 Å². The molecule has 210 valence electrons. The topological polar surface area (TPSA) is 234 Å². The van der Waals surface area contributed by atoms with E-state index in [4.69, 9.17) is 28.4 Å². The second kappa shape index (κ2) is 11.2. The first-order valence-electron chi connectivity index (χ1n) is 11.7. The minimum absolute atomic E-state index is 0.0233. The molecule has 0 radical (unpaired) electrons. The smallest absolute Gasteiger partial charge is 0.340 e. The number of cyclic esters (lactones) is 1. The summed E-state index contributed by atoms with van der Waals surface area (Å²) in [6, 6.07) is 0. The Bertz CT molecular complexity index is 865. The van der Waals surface area contributed by atoms with Crippen molar-refractivity contribution in [3.8, 4) is 0 Å². The molecule has 4 aliphatic heterocycles. The molecular formula is C22H32O15. The first-order valence-corrected chi connectivity index (χ1v) is 11.7. The fraction of sp³-hybridized carbons (Fsp3) is 0.773. The number of carbonyl (C=O) groups excluding carboxylic acids is 1. The molecule has 0 spiro atoms. The van der Waals surface area contributed by atoms with E-state index in [0.717, 1.165) is 6.26 Å². The number of hydrogen-bond donors (Lipinski definition) is 8. The Morgan fingerprint density at radius 1 is 0.946 bits per heavy atom. The highest BCUT2D eigenvalue weighted by atomic mass is 16.8. The average molecular weight is 536 g/mol. The van der Waals surface area contributed by atoms with Gasteiger partial charge in [0.2, 0.25) is 6.29 Å². The molecule has 15 nitrogen and oxygen atoms in total. The Hall–Kier alpha value is -1.73. The van der Waals surface area contributed by atoms with Gasteiger partial charge in [-0.1, -0.05) is 6.08 Å². The molecule has 0 unspecified atom stereocenters. The van der Waals surface area contributed by atoms with Crippen molar-refractivity contribution >= 4 is 5.97 Å². The van der Waals surface area contributed by atoms with Gasteiger partial charge < -0.3 is 69.3 Å². The number of ether oxygens (including phenoxy) is 6. The first-order chi connectivity index (χ1) is 17.5. The van der Waals surface area contributed by atoms with Crippen molar-refractivity contribution in [1.29, 1.82) is 0 Å². The Morgan fingerprint density at radius 2 is 1.57 bits per heavy atom. The van der Waals surface area contributed by atoms with Crippen LogP contribution in [0.1, 0.15) is 6.42 Å². The predicted molar refractivity (Wildman–Crippen MR) is 115 cm³/mol. The lowest BCUT2D eigenvalue weighted by molar-refractivity contribution is -0.355. The molecule has 8 N–H and O–H groups in total. The van der Waals surface area contributed by atoms with Gasteiger partial charge in [0.05, 0.1) is 32.0 Å². The van der Waals surface area contributed by atoms with Crippen LogP contribution in [0.3, 0.4) is 0 Å². The quantitative estimate of drug-likeness (QED) is 0.113. The summed E-state index contributed by atoms with van der Waals surface area (Å²) in [5, 5.41) is 81.6. The molecule has 0 amide bonds. The summed E-state index contributed by atoms with van der Waals surface area (Å²) in [6.45, 7) is 2.36. The van der Waals surface area contributed by atoms with Gasteiger partial charge in [-0.05, 0) is 0 Å². The summed E-state index contributed by atoms with van der Waals surface area (Å²) < 4.78 is 32.3. The van der Waals surface area contributed by atoms with Gasteiger partial charge in [0.25, 0.3) is 0 Å². The summed E-state index contributed by atoms with van der Waals surface area (Å²) >= 11 is 0. The van der Waals surface area contributed by atoms with E-state index in [1.165, 1.54) is 6.08 Å². The number of esters is 1. The van der Waals surface area contributed by atoms with Gasteiger partial charge in [0.1, 0.15) is 60.0 Å². The zero-order valence-corrected chi connectivity index (χ0v) is 19.6. The van der Waals surface area contributed by atoms with Gasteiger partial charge in [0, 0.05) is 6.42 Å². The number of fused-ring (bicyclic) bond motifs is 1. The van der Waals surface area contributed by atoms with E-state index in [9.17, 15) is 45.6 Å². The van der Waals surface area contributed by atoms with E-state index in [1.807, 2.05) is 0 Å².